The Kier molecular flexibility index (Phi) is 4.08. The number of anilines is 2. The summed E-state index contributed by atoms with van der Waals surface area (Å²) >= 11 is 3.58. The Labute approximate surface area is 128 Å². The topological polar surface area (TPSA) is 29.3 Å². The molecule has 2 aromatic carbocycles. The molecular formula is C17H19BrN2. The van der Waals surface area contributed by atoms with E-state index in [4.69, 9.17) is 5.73 Å². The third kappa shape index (κ3) is 2.60. The van der Waals surface area contributed by atoms with E-state index in [1.165, 1.54) is 41.8 Å². The molecule has 0 unspecified atom stereocenters. The second-order valence-electron chi connectivity index (χ2n) is 5.21. The fourth-order valence-electron chi connectivity index (χ4n) is 2.90. The molecule has 0 saturated carbocycles. The van der Waals surface area contributed by atoms with Crippen molar-refractivity contribution in [2.45, 2.75) is 25.8 Å². The lowest BCUT2D eigenvalue weighted by Crippen LogP contribution is -2.20. The standard InChI is InChI=1S/C17H19BrN2/c18-15-9-8-14(12-19)17(11-15)20-10-4-3-6-13-5-1-2-7-16(13)20/h1-2,5,7-9,11H,3-4,6,10,12,19H2. The molecule has 0 fully saturated rings. The zero-order valence-corrected chi connectivity index (χ0v) is 13.1. The first-order chi connectivity index (χ1) is 9.79. The number of benzene rings is 2. The van der Waals surface area contributed by atoms with Gasteiger partial charge in [0.2, 0.25) is 0 Å². The monoisotopic (exact) mass is 330 g/mol. The molecule has 104 valence electrons. The van der Waals surface area contributed by atoms with Gasteiger partial charge in [0.1, 0.15) is 0 Å². The summed E-state index contributed by atoms with van der Waals surface area (Å²) in [6, 6.07) is 15.1. The van der Waals surface area contributed by atoms with Crippen LogP contribution in [0.2, 0.25) is 0 Å². The second-order valence-corrected chi connectivity index (χ2v) is 6.13. The molecule has 1 aliphatic heterocycles. The number of nitrogens with zero attached hydrogens (tertiary/aromatic N) is 1. The summed E-state index contributed by atoms with van der Waals surface area (Å²) in [6.45, 7) is 1.63. The number of para-hydroxylation sites is 1. The van der Waals surface area contributed by atoms with Crippen LogP contribution in [0.3, 0.4) is 0 Å². The van der Waals surface area contributed by atoms with E-state index in [0.717, 1.165) is 11.0 Å². The van der Waals surface area contributed by atoms with E-state index in [0.29, 0.717) is 6.54 Å². The maximum absolute atomic E-state index is 5.92. The Morgan fingerprint density at radius 2 is 1.90 bits per heavy atom. The van der Waals surface area contributed by atoms with Crippen LogP contribution in [0, 0.1) is 0 Å². The number of rotatable bonds is 2. The third-order valence-electron chi connectivity index (χ3n) is 3.92. The molecule has 0 radical (unpaired) electrons. The molecule has 1 aliphatic rings. The van der Waals surface area contributed by atoms with Crippen molar-refractivity contribution in [3.8, 4) is 0 Å². The zero-order chi connectivity index (χ0) is 13.9. The average Bonchev–Trinajstić information content (AvgIpc) is 2.69. The van der Waals surface area contributed by atoms with Crippen molar-refractivity contribution in [3.05, 3.63) is 58.1 Å². The zero-order valence-electron chi connectivity index (χ0n) is 11.5. The van der Waals surface area contributed by atoms with E-state index in [9.17, 15) is 0 Å². The van der Waals surface area contributed by atoms with E-state index in [1.807, 2.05) is 0 Å². The van der Waals surface area contributed by atoms with Crippen molar-refractivity contribution in [2.24, 2.45) is 5.73 Å². The van der Waals surface area contributed by atoms with Crippen LogP contribution in [-0.2, 0) is 13.0 Å². The molecule has 0 bridgehead atoms. The van der Waals surface area contributed by atoms with Gasteiger partial charge < -0.3 is 10.6 Å². The van der Waals surface area contributed by atoms with Crippen molar-refractivity contribution in [1.29, 1.82) is 0 Å². The van der Waals surface area contributed by atoms with Crippen LogP contribution in [0.15, 0.2) is 46.9 Å². The van der Waals surface area contributed by atoms with Crippen LogP contribution in [0.1, 0.15) is 24.0 Å². The van der Waals surface area contributed by atoms with Gasteiger partial charge in [0, 0.05) is 28.9 Å². The number of fused-ring (bicyclic) bond motifs is 1. The van der Waals surface area contributed by atoms with E-state index in [2.05, 4.69) is 63.3 Å². The lowest BCUT2D eigenvalue weighted by molar-refractivity contribution is 0.759. The number of nitrogens with two attached hydrogens (primary N) is 1. The summed E-state index contributed by atoms with van der Waals surface area (Å²) in [5, 5.41) is 0. The Bertz CT molecular complexity index is 610. The molecule has 0 spiro atoms. The Morgan fingerprint density at radius 1 is 1.05 bits per heavy atom. The summed E-state index contributed by atoms with van der Waals surface area (Å²) in [5.74, 6) is 0. The summed E-state index contributed by atoms with van der Waals surface area (Å²) in [6.07, 6.45) is 3.63. The van der Waals surface area contributed by atoms with Crippen molar-refractivity contribution >= 4 is 27.3 Å². The molecule has 2 N–H and O–H groups in total. The van der Waals surface area contributed by atoms with Gasteiger partial charge in [-0.15, -0.1) is 0 Å². The first-order valence-corrected chi connectivity index (χ1v) is 7.93. The van der Waals surface area contributed by atoms with Crippen molar-refractivity contribution in [2.75, 3.05) is 11.4 Å². The predicted octanol–water partition coefficient (Wildman–Crippen LogP) is 4.38. The third-order valence-corrected chi connectivity index (χ3v) is 4.41. The number of aryl methyl sites for hydroxylation is 1. The highest BCUT2D eigenvalue weighted by Gasteiger charge is 2.18. The molecule has 0 aromatic heterocycles. The van der Waals surface area contributed by atoms with Crippen molar-refractivity contribution < 1.29 is 0 Å². The SMILES string of the molecule is NCc1ccc(Br)cc1N1CCCCc2ccccc21. The Balaban J connectivity index is 2.12. The van der Waals surface area contributed by atoms with E-state index < -0.39 is 0 Å². The van der Waals surface area contributed by atoms with Gasteiger partial charge >= 0.3 is 0 Å². The first kappa shape index (κ1) is 13.7. The molecule has 3 heteroatoms. The van der Waals surface area contributed by atoms with Crippen LogP contribution >= 0.6 is 15.9 Å². The fraction of sp³-hybridized carbons (Fsp3) is 0.294. The van der Waals surface area contributed by atoms with E-state index in [-0.39, 0.29) is 0 Å². The largest absolute Gasteiger partial charge is 0.341 e. The lowest BCUT2D eigenvalue weighted by atomic mass is 10.1. The number of hydrogen-bond donors (Lipinski definition) is 1. The Hall–Kier alpha value is -1.32. The highest BCUT2D eigenvalue weighted by Crippen LogP contribution is 2.35. The van der Waals surface area contributed by atoms with Gasteiger partial charge in [-0.25, -0.2) is 0 Å². The van der Waals surface area contributed by atoms with Gasteiger partial charge in [0.25, 0.3) is 0 Å². The maximum atomic E-state index is 5.92. The summed E-state index contributed by atoms with van der Waals surface area (Å²) in [7, 11) is 0. The van der Waals surface area contributed by atoms with Crippen LogP contribution in [0.25, 0.3) is 0 Å². The maximum Gasteiger partial charge on any atom is 0.0467 e. The summed E-state index contributed by atoms with van der Waals surface area (Å²) < 4.78 is 1.10. The molecular weight excluding hydrogens is 312 g/mol. The van der Waals surface area contributed by atoms with Gasteiger partial charge in [-0.05, 0) is 48.6 Å². The van der Waals surface area contributed by atoms with Crippen LogP contribution in [0.5, 0.6) is 0 Å². The van der Waals surface area contributed by atoms with Crippen LogP contribution < -0.4 is 10.6 Å². The van der Waals surface area contributed by atoms with Crippen molar-refractivity contribution in [3.63, 3.8) is 0 Å². The number of halogens is 1. The van der Waals surface area contributed by atoms with Crippen molar-refractivity contribution in [1.82, 2.24) is 0 Å². The molecule has 2 nitrogen and oxygen atoms in total. The fourth-order valence-corrected chi connectivity index (χ4v) is 3.25. The lowest BCUT2D eigenvalue weighted by Gasteiger charge is -2.27. The van der Waals surface area contributed by atoms with Gasteiger partial charge in [-0.3, -0.25) is 0 Å². The van der Waals surface area contributed by atoms with E-state index >= 15 is 0 Å². The molecule has 1 heterocycles. The van der Waals surface area contributed by atoms with Gasteiger partial charge in [-0.1, -0.05) is 40.2 Å². The minimum atomic E-state index is 0.571. The van der Waals surface area contributed by atoms with Crippen LogP contribution in [0.4, 0.5) is 11.4 Å². The summed E-state index contributed by atoms with van der Waals surface area (Å²) in [4.78, 5) is 2.43. The first-order valence-electron chi connectivity index (χ1n) is 7.13. The molecule has 0 amide bonds. The van der Waals surface area contributed by atoms with Crippen LogP contribution in [-0.4, -0.2) is 6.54 Å². The quantitative estimate of drug-likeness (QED) is 0.885. The van der Waals surface area contributed by atoms with Gasteiger partial charge in [0.05, 0.1) is 0 Å². The summed E-state index contributed by atoms with van der Waals surface area (Å²) in [5.41, 5.74) is 11.1. The van der Waals surface area contributed by atoms with E-state index in [1.54, 1.807) is 0 Å². The molecule has 0 atom stereocenters. The normalized spacial score (nSPS) is 14.8. The highest BCUT2D eigenvalue weighted by atomic mass is 79.9. The molecule has 0 saturated heterocycles. The average molecular weight is 331 g/mol. The minimum Gasteiger partial charge on any atom is -0.341 e. The second kappa shape index (κ2) is 5.98. The Morgan fingerprint density at radius 3 is 2.75 bits per heavy atom. The highest BCUT2D eigenvalue weighted by molar-refractivity contribution is 9.10. The van der Waals surface area contributed by atoms with Gasteiger partial charge in [-0.2, -0.15) is 0 Å². The molecule has 0 aliphatic carbocycles. The molecule has 2 aromatic rings. The minimum absolute atomic E-state index is 0.571. The molecule has 3 rings (SSSR count). The number of hydrogen-bond acceptors (Lipinski definition) is 2. The molecule has 20 heavy (non-hydrogen) atoms. The predicted molar refractivity (Wildman–Crippen MR) is 88.4 cm³/mol. The van der Waals surface area contributed by atoms with Gasteiger partial charge in [0.15, 0.2) is 0 Å². The smallest absolute Gasteiger partial charge is 0.0467 e.